The van der Waals surface area contributed by atoms with Crippen molar-refractivity contribution >= 4 is 28.3 Å². The Morgan fingerprint density at radius 1 is 0.881 bits per heavy atom. The molecule has 0 aliphatic rings. The van der Waals surface area contributed by atoms with Crippen LogP contribution in [0.1, 0.15) is 97.4 Å². The van der Waals surface area contributed by atoms with E-state index in [0.29, 0.717) is 11.5 Å². The second-order valence-electron chi connectivity index (χ2n) is 10.8. The zero-order chi connectivity index (χ0) is 29.9. The zero-order valence-corrected chi connectivity index (χ0v) is 25.5. The first-order chi connectivity index (χ1) is 20.4. The number of rotatable bonds is 15. The number of amides is 1. The molecule has 0 bridgehead atoms. The van der Waals surface area contributed by atoms with Gasteiger partial charge >= 0.3 is 5.97 Å². The van der Waals surface area contributed by atoms with Gasteiger partial charge < -0.3 is 15.7 Å². The minimum atomic E-state index is -0.941. The van der Waals surface area contributed by atoms with Crippen molar-refractivity contribution < 1.29 is 14.7 Å². The Bertz CT molecular complexity index is 1430. The van der Waals surface area contributed by atoms with Crippen molar-refractivity contribution in [2.24, 2.45) is 0 Å². The summed E-state index contributed by atoms with van der Waals surface area (Å²) in [5.74, 6) is -0.737. The molecule has 0 spiro atoms. The van der Waals surface area contributed by atoms with Crippen LogP contribution in [0.2, 0.25) is 0 Å². The summed E-state index contributed by atoms with van der Waals surface area (Å²) in [6.45, 7) is 6.75. The SMILES string of the molecule is CCCCCc1ccc(-c2csc(NC(c3ccc(C(=O)NCCC(=O)O)cc3)c3ccc(C(C)CC)cc3)n2)cc1. The average molecular weight is 584 g/mol. The summed E-state index contributed by atoms with van der Waals surface area (Å²) < 4.78 is 0. The normalized spacial score (nSPS) is 12.5. The number of benzene rings is 3. The highest BCUT2D eigenvalue weighted by molar-refractivity contribution is 7.14. The van der Waals surface area contributed by atoms with Gasteiger partial charge in [-0.25, -0.2) is 4.98 Å². The first-order valence-corrected chi connectivity index (χ1v) is 15.8. The highest BCUT2D eigenvalue weighted by atomic mass is 32.1. The molecule has 2 atom stereocenters. The number of aromatic nitrogens is 1. The Morgan fingerprint density at radius 2 is 1.52 bits per heavy atom. The lowest BCUT2D eigenvalue weighted by molar-refractivity contribution is -0.136. The van der Waals surface area contributed by atoms with E-state index in [-0.39, 0.29) is 24.9 Å². The Balaban J connectivity index is 1.54. The molecule has 0 fully saturated rings. The summed E-state index contributed by atoms with van der Waals surface area (Å²) >= 11 is 1.58. The lowest BCUT2D eigenvalue weighted by Gasteiger charge is -2.21. The van der Waals surface area contributed by atoms with Crippen LogP contribution >= 0.6 is 11.3 Å². The largest absolute Gasteiger partial charge is 0.481 e. The van der Waals surface area contributed by atoms with Crippen LogP contribution in [0.5, 0.6) is 0 Å². The van der Waals surface area contributed by atoms with Gasteiger partial charge in [0.2, 0.25) is 0 Å². The van der Waals surface area contributed by atoms with Crippen molar-refractivity contribution in [2.75, 3.05) is 11.9 Å². The molecule has 0 radical (unpaired) electrons. The maximum atomic E-state index is 12.5. The van der Waals surface area contributed by atoms with E-state index < -0.39 is 5.97 Å². The summed E-state index contributed by atoms with van der Waals surface area (Å²) in [5.41, 5.74) is 7.32. The number of carbonyl (C=O) groups is 2. The molecule has 2 unspecified atom stereocenters. The standard InChI is InChI=1S/C35H41N3O3S/c1-4-6-7-8-25-9-11-27(12-10-25)31-23-42-35(37-31)38-33(28-15-13-26(14-16-28)24(3)5-2)29-17-19-30(20-18-29)34(41)36-22-21-32(39)40/h9-20,23-24,33H,4-8,21-22H2,1-3H3,(H,36,41)(H,37,38)(H,39,40). The third-order valence-corrected chi connectivity index (χ3v) is 8.45. The number of unbranched alkanes of at least 4 members (excludes halogenated alkanes) is 2. The van der Waals surface area contributed by atoms with E-state index in [1.54, 1.807) is 23.5 Å². The maximum absolute atomic E-state index is 12.5. The van der Waals surface area contributed by atoms with Gasteiger partial charge in [0.25, 0.3) is 5.91 Å². The van der Waals surface area contributed by atoms with E-state index in [0.717, 1.165) is 40.4 Å². The van der Waals surface area contributed by atoms with Crippen molar-refractivity contribution in [3.05, 3.63) is 106 Å². The summed E-state index contributed by atoms with van der Waals surface area (Å²) in [5, 5.41) is 18.1. The number of nitrogens with zero attached hydrogens (tertiary/aromatic N) is 1. The Kier molecular flexibility index (Phi) is 11.3. The van der Waals surface area contributed by atoms with Crippen LogP contribution < -0.4 is 10.6 Å². The first-order valence-electron chi connectivity index (χ1n) is 14.9. The molecule has 0 saturated carbocycles. The molecule has 4 aromatic rings. The van der Waals surface area contributed by atoms with Crippen LogP contribution in [-0.2, 0) is 11.2 Å². The Labute approximate surface area is 253 Å². The van der Waals surface area contributed by atoms with Gasteiger partial charge in [0.15, 0.2) is 5.13 Å². The topological polar surface area (TPSA) is 91.3 Å². The van der Waals surface area contributed by atoms with E-state index in [9.17, 15) is 9.59 Å². The predicted molar refractivity (Wildman–Crippen MR) is 172 cm³/mol. The van der Waals surface area contributed by atoms with E-state index in [1.807, 2.05) is 12.1 Å². The predicted octanol–water partition coefficient (Wildman–Crippen LogP) is 8.46. The van der Waals surface area contributed by atoms with Gasteiger partial charge in [-0.1, -0.05) is 94.3 Å². The molecule has 4 rings (SSSR count). The van der Waals surface area contributed by atoms with E-state index in [4.69, 9.17) is 10.1 Å². The highest BCUT2D eigenvalue weighted by Crippen LogP contribution is 2.32. The van der Waals surface area contributed by atoms with Crippen LogP contribution in [0.3, 0.4) is 0 Å². The number of hydrogen-bond donors (Lipinski definition) is 3. The summed E-state index contributed by atoms with van der Waals surface area (Å²) in [4.78, 5) is 28.2. The maximum Gasteiger partial charge on any atom is 0.305 e. The minimum Gasteiger partial charge on any atom is -0.481 e. The summed E-state index contributed by atoms with van der Waals surface area (Å²) in [7, 11) is 0. The van der Waals surface area contributed by atoms with Crippen molar-refractivity contribution in [3.8, 4) is 11.3 Å². The van der Waals surface area contributed by atoms with Gasteiger partial charge in [-0.3, -0.25) is 9.59 Å². The Morgan fingerprint density at radius 3 is 2.14 bits per heavy atom. The van der Waals surface area contributed by atoms with Gasteiger partial charge in [-0.05, 0) is 59.6 Å². The van der Waals surface area contributed by atoms with E-state index in [2.05, 4.69) is 85.3 Å². The number of nitrogens with one attached hydrogen (secondary N) is 2. The Hall–Kier alpha value is -3.97. The molecule has 0 aliphatic heterocycles. The first kappa shape index (κ1) is 31.0. The molecule has 3 aromatic carbocycles. The molecule has 7 heteroatoms. The molecule has 1 amide bonds. The molecular weight excluding hydrogens is 542 g/mol. The molecule has 220 valence electrons. The minimum absolute atomic E-state index is 0.0938. The van der Waals surface area contributed by atoms with Crippen LogP contribution in [-0.4, -0.2) is 28.5 Å². The number of carboxylic acids is 1. The lowest BCUT2D eigenvalue weighted by Crippen LogP contribution is -2.26. The van der Waals surface area contributed by atoms with E-state index >= 15 is 0 Å². The molecule has 6 nitrogen and oxygen atoms in total. The fraction of sp³-hybridized carbons (Fsp3) is 0.343. The van der Waals surface area contributed by atoms with Crippen LogP contribution in [0.4, 0.5) is 5.13 Å². The third kappa shape index (κ3) is 8.52. The average Bonchev–Trinajstić information content (AvgIpc) is 3.48. The number of carbonyl (C=O) groups excluding carboxylic acids is 1. The third-order valence-electron chi connectivity index (χ3n) is 7.67. The van der Waals surface area contributed by atoms with Crippen molar-refractivity contribution in [1.29, 1.82) is 0 Å². The van der Waals surface area contributed by atoms with Crippen LogP contribution in [0, 0.1) is 0 Å². The van der Waals surface area contributed by atoms with Gasteiger partial charge in [0, 0.05) is 23.1 Å². The van der Waals surface area contributed by atoms with Crippen molar-refractivity contribution in [2.45, 2.75) is 71.3 Å². The number of aliphatic carboxylic acids is 1. The monoisotopic (exact) mass is 583 g/mol. The van der Waals surface area contributed by atoms with E-state index in [1.165, 1.54) is 30.4 Å². The number of aryl methyl sites for hydroxylation is 1. The van der Waals surface area contributed by atoms with Gasteiger partial charge in [0.05, 0.1) is 18.2 Å². The molecule has 0 aliphatic carbocycles. The smallest absolute Gasteiger partial charge is 0.305 e. The fourth-order valence-corrected chi connectivity index (χ4v) is 5.59. The molecule has 0 saturated heterocycles. The van der Waals surface area contributed by atoms with Crippen molar-refractivity contribution in [3.63, 3.8) is 0 Å². The molecule has 1 heterocycles. The molecule has 3 N–H and O–H groups in total. The molecule has 1 aromatic heterocycles. The summed E-state index contributed by atoms with van der Waals surface area (Å²) in [6, 6.07) is 24.7. The summed E-state index contributed by atoms with van der Waals surface area (Å²) in [6.07, 6.45) is 5.78. The number of carboxylic acid groups (broad SMARTS) is 1. The molecule has 42 heavy (non-hydrogen) atoms. The number of hydrogen-bond acceptors (Lipinski definition) is 5. The van der Waals surface area contributed by atoms with Crippen molar-refractivity contribution in [1.82, 2.24) is 10.3 Å². The second-order valence-corrected chi connectivity index (χ2v) is 11.6. The highest BCUT2D eigenvalue weighted by Gasteiger charge is 2.18. The quantitative estimate of drug-likeness (QED) is 0.122. The lowest BCUT2D eigenvalue weighted by atomic mass is 9.93. The number of anilines is 1. The van der Waals surface area contributed by atoms with Crippen LogP contribution in [0.25, 0.3) is 11.3 Å². The van der Waals surface area contributed by atoms with Gasteiger partial charge in [0.1, 0.15) is 0 Å². The fourth-order valence-electron chi connectivity index (χ4n) is 4.84. The molecular formula is C35H41N3O3S. The zero-order valence-electron chi connectivity index (χ0n) is 24.7. The number of thiazole rings is 1. The van der Waals surface area contributed by atoms with Gasteiger partial charge in [-0.2, -0.15) is 0 Å². The van der Waals surface area contributed by atoms with Gasteiger partial charge in [-0.15, -0.1) is 11.3 Å². The van der Waals surface area contributed by atoms with Crippen LogP contribution in [0.15, 0.2) is 78.2 Å². The second kappa shape index (κ2) is 15.3.